The lowest BCUT2D eigenvalue weighted by Crippen LogP contribution is -2.35. The molecule has 5 nitrogen and oxygen atoms in total. The second-order valence-corrected chi connectivity index (χ2v) is 6.65. The number of nitrogens with two attached hydrogens (primary N) is 1. The number of carbonyl (C=O) groups excluding carboxylic acids is 1. The summed E-state index contributed by atoms with van der Waals surface area (Å²) in [6.45, 7) is 4.33. The molecule has 5 heteroatoms. The number of carboxylic acids is 1. The van der Waals surface area contributed by atoms with Gasteiger partial charge in [0, 0.05) is 6.42 Å². The first-order valence-corrected chi connectivity index (χ1v) is 9.69. The van der Waals surface area contributed by atoms with Gasteiger partial charge < -0.3 is 15.6 Å². The molecule has 0 bridgehead atoms. The van der Waals surface area contributed by atoms with Crippen molar-refractivity contribution < 1.29 is 19.4 Å². The molecule has 0 rings (SSSR count). The summed E-state index contributed by atoms with van der Waals surface area (Å²) in [5.41, 5.74) is 5.73. The molecule has 1 unspecified atom stereocenters. The van der Waals surface area contributed by atoms with Crippen molar-refractivity contribution in [3.8, 4) is 0 Å². The van der Waals surface area contributed by atoms with Crippen LogP contribution in [-0.4, -0.2) is 29.2 Å². The van der Waals surface area contributed by atoms with Gasteiger partial charge in [-0.1, -0.05) is 65.2 Å². The van der Waals surface area contributed by atoms with E-state index in [-0.39, 0.29) is 18.9 Å². The van der Waals surface area contributed by atoms with E-state index in [2.05, 4.69) is 13.8 Å². The zero-order valence-corrected chi connectivity index (χ0v) is 15.6. The Bertz CT molecular complexity index is 333. The Balaban J connectivity index is 4.06. The highest BCUT2D eigenvalue weighted by Crippen LogP contribution is 2.16. The van der Waals surface area contributed by atoms with Crippen molar-refractivity contribution in [3.63, 3.8) is 0 Å². The Morgan fingerprint density at radius 3 is 2.00 bits per heavy atom. The molecule has 0 aliphatic rings. The third-order valence-corrected chi connectivity index (χ3v) is 4.26. The molecule has 0 radical (unpaired) electrons. The SMILES string of the molecule is CCCCCCCCCC(CCCC)OC(=O)[C@@H](N)CCC(=O)O. The standard InChI is InChI=1S/C19H37NO4/c1-3-5-7-8-9-10-11-13-16(12-6-4-2)24-19(23)17(20)14-15-18(21)22/h16-17H,3-15,20H2,1-2H3,(H,21,22)/t16?,17-/m0/s1. The maximum absolute atomic E-state index is 12.0. The van der Waals surface area contributed by atoms with Crippen LogP contribution < -0.4 is 5.73 Å². The van der Waals surface area contributed by atoms with Crippen LogP contribution in [0.2, 0.25) is 0 Å². The average Bonchev–Trinajstić information content (AvgIpc) is 2.56. The largest absolute Gasteiger partial charge is 0.481 e. The third kappa shape index (κ3) is 13.3. The van der Waals surface area contributed by atoms with E-state index in [1.165, 1.54) is 38.5 Å². The molecular weight excluding hydrogens is 306 g/mol. The number of hydrogen-bond acceptors (Lipinski definition) is 4. The van der Waals surface area contributed by atoms with Crippen molar-refractivity contribution in [3.05, 3.63) is 0 Å². The quantitative estimate of drug-likeness (QED) is 0.320. The first-order chi connectivity index (χ1) is 11.5. The number of rotatable bonds is 16. The number of ether oxygens (including phenoxy) is 1. The molecule has 0 aliphatic carbocycles. The molecule has 0 saturated heterocycles. The van der Waals surface area contributed by atoms with Crippen molar-refractivity contribution >= 4 is 11.9 Å². The Kier molecular flexibility index (Phi) is 14.7. The van der Waals surface area contributed by atoms with E-state index in [4.69, 9.17) is 15.6 Å². The molecule has 0 spiro atoms. The summed E-state index contributed by atoms with van der Waals surface area (Å²) in [4.78, 5) is 22.5. The minimum absolute atomic E-state index is 0.0797. The summed E-state index contributed by atoms with van der Waals surface area (Å²) in [7, 11) is 0. The van der Waals surface area contributed by atoms with Gasteiger partial charge in [-0.25, -0.2) is 0 Å². The number of esters is 1. The van der Waals surface area contributed by atoms with E-state index in [1.807, 2.05) is 0 Å². The molecule has 0 aliphatic heterocycles. The van der Waals surface area contributed by atoms with E-state index in [0.717, 1.165) is 32.1 Å². The Morgan fingerprint density at radius 1 is 0.875 bits per heavy atom. The van der Waals surface area contributed by atoms with E-state index in [1.54, 1.807) is 0 Å². The van der Waals surface area contributed by atoms with E-state index >= 15 is 0 Å². The van der Waals surface area contributed by atoms with Gasteiger partial charge in [0.15, 0.2) is 0 Å². The van der Waals surface area contributed by atoms with Gasteiger partial charge >= 0.3 is 11.9 Å². The molecule has 0 aromatic carbocycles. The van der Waals surface area contributed by atoms with Gasteiger partial charge in [0.05, 0.1) is 0 Å². The summed E-state index contributed by atoms with van der Waals surface area (Å²) >= 11 is 0. The number of carboxylic acid groups (broad SMARTS) is 1. The zero-order valence-electron chi connectivity index (χ0n) is 15.6. The highest BCUT2D eigenvalue weighted by atomic mass is 16.5. The van der Waals surface area contributed by atoms with E-state index in [0.29, 0.717) is 0 Å². The number of unbranched alkanes of at least 4 members (excludes halogenated alkanes) is 7. The second-order valence-electron chi connectivity index (χ2n) is 6.65. The summed E-state index contributed by atoms with van der Waals surface area (Å²) in [5, 5.41) is 8.66. The molecule has 0 fully saturated rings. The molecule has 2 atom stereocenters. The van der Waals surface area contributed by atoms with Gasteiger partial charge in [-0.05, 0) is 25.7 Å². The van der Waals surface area contributed by atoms with Gasteiger partial charge in [-0.3, -0.25) is 9.59 Å². The minimum atomic E-state index is -0.941. The molecule has 0 aromatic rings. The smallest absolute Gasteiger partial charge is 0.323 e. The van der Waals surface area contributed by atoms with E-state index in [9.17, 15) is 9.59 Å². The highest BCUT2D eigenvalue weighted by Gasteiger charge is 2.20. The van der Waals surface area contributed by atoms with Crippen molar-refractivity contribution in [2.75, 3.05) is 0 Å². The molecule has 0 aromatic heterocycles. The molecule has 142 valence electrons. The van der Waals surface area contributed by atoms with Gasteiger partial charge in [0.25, 0.3) is 0 Å². The Morgan fingerprint density at radius 2 is 1.42 bits per heavy atom. The lowest BCUT2D eigenvalue weighted by atomic mass is 10.0. The topological polar surface area (TPSA) is 89.6 Å². The highest BCUT2D eigenvalue weighted by molar-refractivity contribution is 5.76. The van der Waals surface area contributed by atoms with Crippen LogP contribution in [0.25, 0.3) is 0 Å². The summed E-state index contributed by atoms with van der Waals surface area (Å²) in [6.07, 6.45) is 12.4. The molecular formula is C19H37NO4. The van der Waals surface area contributed by atoms with Crippen LogP contribution in [0.4, 0.5) is 0 Å². The Hall–Kier alpha value is -1.10. The third-order valence-electron chi connectivity index (χ3n) is 4.26. The van der Waals surface area contributed by atoms with Crippen molar-refractivity contribution in [1.82, 2.24) is 0 Å². The molecule has 3 N–H and O–H groups in total. The van der Waals surface area contributed by atoms with Crippen LogP contribution in [0.15, 0.2) is 0 Å². The molecule has 24 heavy (non-hydrogen) atoms. The first kappa shape index (κ1) is 22.9. The normalized spacial score (nSPS) is 13.5. The van der Waals surface area contributed by atoms with Crippen LogP contribution in [0.5, 0.6) is 0 Å². The van der Waals surface area contributed by atoms with Crippen molar-refractivity contribution in [2.45, 2.75) is 109 Å². The van der Waals surface area contributed by atoms with Gasteiger partial charge in [-0.2, -0.15) is 0 Å². The fourth-order valence-corrected chi connectivity index (χ4v) is 2.67. The fraction of sp³-hybridized carbons (Fsp3) is 0.895. The minimum Gasteiger partial charge on any atom is -0.481 e. The number of hydrogen-bond donors (Lipinski definition) is 2. The zero-order chi connectivity index (χ0) is 18.2. The van der Waals surface area contributed by atoms with Gasteiger partial charge in [0.2, 0.25) is 0 Å². The summed E-state index contributed by atoms with van der Waals surface area (Å²) in [6, 6.07) is -0.834. The monoisotopic (exact) mass is 343 g/mol. The van der Waals surface area contributed by atoms with E-state index < -0.39 is 18.0 Å². The lowest BCUT2D eigenvalue weighted by molar-refractivity contribution is -0.151. The predicted octanol–water partition coefficient (Wildman–Crippen LogP) is 4.42. The van der Waals surface area contributed by atoms with Crippen molar-refractivity contribution in [1.29, 1.82) is 0 Å². The van der Waals surface area contributed by atoms with Crippen LogP contribution in [0.3, 0.4) is 0 Å². The van der Waals surface area contributed by atoms with Crippen LogP contribution >= 0.6 is 0 Å². The van der Waals surface area contributed by atoms with Crippen LogP contribution in [0.1, 0.15) is 97.3 Å². The maximum Gasteiger partial charge on any atom is 0.323 e. The first-order valence-electron chi connectivity index (χ1n) is 9.69. The molecule has 0 amide bonds. The summed E-state index contributed by atoms with van der Waals surface area (Å²) in [5.74, 6) is -1.40. The van der Waals surface area contributed by atoms with Crippen LogP contribution in [-0.2, 0) is 14.3 Å². The van der Waals surface area contributed by atoms with Crippen molar-refractivity contribution in [2.24, 2.45) is 5.73 Å². The van der Waals surface area contributed by atoms with Gasteiger partial charge in [-0.15, -0.1) is 0 Å². The molecule has 0 saturated carbocycles. The average molecular weight is 344 g/mol. The van der Waals surface area contributed by atoms with Crippen LogP contribution in [0, 0.1) is 0 Å². The maximum atomic E-state index is 12.0. The number of carbonyl (C=O) groups is 2. The Labute approximate surface area is 147 Å². The fourth-order valence-electron chi connectivity index (χ4n) is 2.67. The number of aliphatic carboxylic acids is 1. The summed E-state index contributed by atoms with van der Waals surface area (Å²) < 4.78 is 5.53. The second kappa shape index (κ2) is 15.4. The lowest BCUT2D eigenvalue weighted by Gasteiger charge is -2.20. The van der Waals surface area contributed by atoms with Gasteiger partial charge in [0.1, 0.15) is 12.1 Å². The predicted molar refractivity (Wildman–Crippen MR) is 96.9 cm³/mol. The molecule has 0 heterocycles.